The SMILES string of the molecule is CCC(C(=O)c1ccccc1)N(CC)CC(=O)NC. The molecule has 0 heterocycles. The monoisotopic (exact) mass is 262 g/mol. The zero-order valence-corrected chi connectivity index (χ0v) is 11.8. The van der Waals surface area contributed by atoms with Crippen molar-refractivity contribution in [3.63, 3.8) is 0 Å². The van der Waals surface area contributed by atoms with Crippen molar-refractivity contribution in [1.29, 1.82) is 0 Å². The van der Waals surface area contributed by atoms with Crippen LogP contribution in [0.4, 0.5) is 0 Å². The lowest BCUT2D eigenvalue weighted by atomic mass is 10.0. The van der Waals surface area contributed by atoms with Crippen LogP contribution in [-0.2, 0) is 4.79 Å². The van der Waals surface area contributed by atoms with Gasteiger partial charge in [-0.05, 0) is 13.0 Å². The maximum atomic E-state index is 12.5. The summed E-state index contributed by atoms with van der Waals surface area (Å²) < 4.78 is 0. The molecule has 0 aliphatic heterocycles. The van der Waals surface area contributed by atoms with Crippen molar-refractivity contribution in [3.05, 3.63) is 35.9 Å². The van der Waals surface area contributed by atoms with Crippen molar-refractivity contribution in [1.82, 2.24) is 10.2 Å². The fourth-order valence-corrected chi connectivity index (χ4v) is 2.11. The van der Waals surface area contributed by atoms with E-state index in [2.05, 4.69) is 5.32 Å². The predicted octanol–water partition coefficient (Wildman–Crippen LogP) is 1.72. The number of hydrogen-bond donors (Lipinski definition) is 1. The Bertz CT molecular complexity index is 417. The van der Waals surface area contributed by atoms with Crippen LogP contribution in [0.5, 0.6) is 0 Å². The van der Waals surface area contributed by atoms with E-state index in [1.807, 2.05) is 49.1 Å². The molecule has 0 aromatic heterocycles. The molecule has 1 aromatic carbocycles. The van der Waals surface area contributed by atoms with Crippen molar-refractivity contribution in [2.75, 3.05) is 20.1 Å². The van der Waals surface area contributed by atoms with E-state index >= 15 is 0 Å². The molecule has 0 saturated carbocycles. The number of carbonyl (C=O) groups excluding carboxylic acids is 2. The second kappa shape index (κ2) is 7.69. The summed E-state index contributed by atoms with van der Waals surface area (Å²) in [4.78, 5) is 25.9. The van der Waals surface area contributed by atoms with Gasteiger partial charge in [0.05, 0.1) is 12.6 Å². The number of carbonyl (C=O) groups is 2. The van der Waals surface area contributed by atoms with Crippen LogP contribution in [0.15, 0.2) is 30.3 Å². The highest BCUT2D eigenvalue weighted by Gasteiger charge is 2.25. The van der Waals surface area contributed by atoms with Crippen LogP contribution in [-0.4, -0.2) is 42.8 Å². The molecule has 4 nitrogen and oxygen atoms in total. The van der Waals surface area contributed by atoms with E-state index in [0.29, 0.717) is 18.5 Å². The van der Waals surface area contributed by atoms with E-state index in [9.17, 15) is 9.59 Å². The molecular formula is C15H22N2O2. The third kappa shape index (κ3) is 4.17. The topological polar surface area (TPSA) is 49.4 Å². The third-order valence-electron chi connectivity index (χ3n) is 3.22. The Hall–Kier alpha value is -1.68. The minimum absolute atomic E-state index is 0.0684. The van der Waals surface area contributed by atoms with Crippen molar-refractivity contribution in [3.8, 4) is 0 Å². The Labute approximate surface area is 114 Å². The largest absolute Gasteiger partial charge is 0.358 e. The maximum Gasteiger partial charge on any atom is 0.233 e. The normalized spacial score (nSPS) is 12.2. The van der Waals surface area contributed by atoms with E-state index < -0.39 is 0 Å². The molecule has 0 spiro atoms. The lowest BCUT2D eigenvalue weighted by Gasteiger charge is -2.28. The van der Waals surface area contributed by atoms with Crippen LogP contribution in [0.2, 0.25) is 0 Å². The Morgan fingerprint density at radius 2 is 1.84 bits per heavy atom. The number of rotatable bonds is 7. The van der Waals surface area contributed by atoms with E-state index in [0.717, 1.165) is 0 Å². The van der Waals surface area contributed by atoms with E-state index in [1.165, 1.54) is 0 Å². The van der Waals surface area contributed by atoms with Crippen LogP contribution < -0.4 is 5.32 Å². The minimum atomic E-state index is -0.246. The summed E-state index contributed by atoms with van der Waals surface area (Å²) in [5.74, 6) is 0.00927. The highest BCUT2D eigenvalue weighted by molar-refractivity contribution is 6.00. The van der Waals surface area contributed by atoms with Crippen molar-refractivity contribution >= 4 is 11.7 Å². The van der Waals surface area contributed by atoms with Crippen LogP contribution in [0.25, 0.3) is 0 Å². The Morgan fingerprint density at radius 1 is 1.21 bits per heavy atom. The van der Waals surface area contributed by atoms with Crippen molar-refractivity contribution in [2.45, 2.75) is 26.3 Å². The number of benzene rings is 1. The molecule has 0 saturated heterocycles. The van der Waals surface area contributed by atoms with E-state index in [1.54, 1.807) is 7.05 Å². The van der Waals surface area contributed by atoms with Gasteiger partial charge in [-0.1, -0.05) is 44.2 Å². The van der Waals surface area contributed by atoms with Crippen LogP contribution >= 0.6 is 0 Å². The summed E-state index contributed by atoms with van der Waals surface area (Å²) >= 11 is 0. The molecule has 1 N–H and O–H groups in total. The molecular weight excluding hydrogens is 240 g/mol. The number of ketones is 1. The fourth-order valence-electron chi connectivity index (χ4n) is 2.11. The van der Waals surface area contributed by atoms with Crippen LogP contribution in [0.1, 0.15) is 30.6 Å². The first-order valence-corrected chi connectivity index (χ1v) is 6.67. The second-order valence-electron chi connectivity index (χ2n) is 4.39. The molecule has 1 unspecified atom stereocenters. The lowest BCUT2D eigenvalue weighted by Crippen LogP contribution is -2.45. The second-order valence-corrected chi connectivity index (χ2v) is 4.39. The zero-order valence-electron chi connectivity index (χ0n) is 11.8. The summed E-state index contributed by atoms with van der Waals surface area (Å²) in [6.07, 6.45) is 0.693. The van der Waals surface area contributed by atoms with E-state index in [4.69, 9.17) is 0 Å². The molecule has 4 heteroatoms. The van der Waals surface area contributed by atoms with Gasteiger partial charge in [0.25, 0.3) is 0 Å². The summed E-state index contributed by atoms with van der Waals surface area (Å²) in [5.41, 5.74) is 0.699. The number of amides is 1. The predicted molar refractivity (Wildman–Crippen MR) is 76.2 cm³/mol. The molecule has 19 heavy (non-hydrogen) atoms. The first-order valence-electron chi connectivity index (χ1n) is 6.67. The molecule has 1 atom stereocenters. The average molecular weight is 262 g/mol. The minimum Gasteiger partial charge on any atom is -0.358 e. The molecule has 0 fully saturated rings. The molecule has 0 aliphatic rings. The molecule has 1 aromatic rings. The van der Waals surface area contributed by atoms with Gasteiger partial charge in [0, 0.05) is 12.6 Å². The number of nitrogens with zero attached hydrogens (tertiary/aromatic N) is 1. The van der Waals surface area contributed by atoms with Gasteiger partial charge in [0.2, 0.25) is 5.91 Å². The first kappa shape index (κ1) is 15.4. The van der Waals surface area contributed by atoms with Gasteiger partial charge < -0.3 is 5.32 Å². The van der Waals surface area contributed by atoms with Crippen molar-refractivity contribution < 1.29 is 9.59 Å². The summed E-state index contributed by atoms with van der Waals surface area (Å²) in [5, 5.41) is 2.60. The van der Waals surface area contributed by atoms with E-state index in [-0.39, 0.29) is 24.3 Å². The average Bonchev–Trinajstić information content (AvgIpc) is 2.47. The standard InChI is InChI=1S/C15H22N2O2/c1-4-13(17(5-2)11-14(18)16-3)15(19)12-9-7-6-8-10-12/h6-10,13H,4-5,11H2,1-3H3,(H,16,18). The fraction of sp³-hybridized carbons (Fsp3) is 0.467. The molecule has 1 amide bonds. The lowest BCUT2D eigenvalue weighted by molar-refractivity contribution is -0.122. The number of nitrogens with one attached hydrogen (secondary N) is 1. The van der Waals surface area contributed by atoms with Gasteiger partial charge in [0.15, 0.2) is 5.78 Å². The maximum absolute atomic E-state index is 12.5. The summed E-state index contributed by atoms with van der Waals surface area (Å²) in [6, 6.07) is 8.99. The Kier molecular flexibility index (Phi) is 6.22. The molecule has 0 bridgehead atoms. The first-order chi connectivity index (χ1) is 9.13. The third-order valence-corrected chi connectivity index (χ3v) is 3.22. The van der Waals surface area contributed by atoms with Gasteiger partial charge in [0.1, 0.15) is 0 Å². The quantitative estimate of drug-likeness (QED) is 0.761. The molecule has 104 valence electrons. The van der Waals surface area contributed by atoms with Gasteiger partial charge >= 0.3 is 0 Å². The van der Waals surface area contributed by atoms with Crippen molar-refractivity contribution in [2.24, 2.45) is 0 Å². The van der Waals surface area contributed by atoms with Gasteiger partial charge in [-0.3, -0.25) is 14.5 Å². The smallest absolute Gasteiger partial charge is 0.233 e. The Balaban J connectivity index is 2.85. The van der Waals surface area contributed by atoms with Gasteiger partial charge in [-0.25, -0.2) is 0 Å². The molecule has 1 rings (SSSR count). The van der Waals surface area contributed by atoms with Gasteiger partial charge in [-0.2, -0.15) is 0 Å². The molecule has 0 aliphatic carbocycles. The van der Waals surface area contributed by atoms with Crippen LogP contribution in [0.3, 0.4) is 0 Å². The number of Topliss-reactive ketones (excluding diaryl/α,β-unsaturated/α-hetero) is 1. The highest BCUT2D eigenvalue weighted by Crippen LogP contribution is 2.12. The van der Waals surface area contributed by atoms with Crippen LogP contribution in [0, 0.1) is 0 Å². The highest BCUT2D eigenvalue weighted by atomic mass is 16.2. The summed E-state index contributed by atoms with van der Waals surface area (Å²) in [6.45, 7) is 4.86. The number of hydrogen-bond acceptors (Lipinski definition) is 3. The van der Waals surface area contributed by atoms with Gasteiger partial charge in [-0.15, -0.1) is 0 Å². The Morgan fingerprint density at radius 3 is 2.32 bits per heavy atom. The molecule has 0 radical (unpaired) electrons. The summed E-state index contributed by atoms with van der Waals surface area (Å²) in [7, 11) is 1.61. The zero-order chi connectivity index (χ0) is 14.3. The number of likely N-dealkylation sites (N-methyl/N-ethyl adjacent to an activating group) is 2.